The maximum Gasteiger partial charge on any atom is -0.0157 e. The number of rotatable bonds is 2. The van der Waals surface area contributed by atoms with Crippen LogP contribution in [-0.4, -0.2) is 0 Å². The molecule has 0 aliphatic heterocycles. The van der Waals surface area contributed by atoms with Crippen LogP contribution in [0.25, 0.3) is 0 Å². The molecule has 16 heavy (non-hydrogen) atoms. The topological polar surface area (TPSA) is 0 Å². The molecule has 2 saturated carbocycles. The number of hydrogen-bond acceptors (Lipinski definition) is 0. The first kappa shape index (κ1) is 10.4. The summed E-state index contributed by atoms with van der Waals surface area (Å²) in [7, 11) is 0. The van der Waals surface area contributed by atoms with E-state index in [1.807, 2.05) is 0 Å². The molecule has 2 aliphatic rings. The second kappa shape index (κ2) is 3.91. The highest BCUT2D eigenvalue weighted by Crippen LogP contribution is 2.56. The first-order chi connectivity index (χ1) is 7.77. The molecule has 0 heteroatoms. The van der Waals surface area contributed by atoms with Gasteiger partial charge in [0.05, 0.1) is 0 Å². The molecule has 0 aromatic heterocycles. The Kier molecular flexibility index (Phi) is 2.53. The van der Waals surface area contributed by atoms with Gasteiger partial charge in [-0.15, -0.1) is 0 Å². The highest BCUT2D eigenvalue weighted by Gasteiger charge is 2.47. The predicted molar refractivity (Wildman–Crippen MR) is 68.3 cm³/mol. The molecule has 0 heterocycles. The van der Waals surface area contributed by atoms with Crippen molar-refractivity contribution in [1.29, 1.82) is 0 Å². The van der Waals surface area contributed by atoms with Crippen molar-refractivity contribution in [1.82, 2.24) is 0 Å². The molecule has 2 aliphatic carbocycles. The van der Waals surface area contributed by atoms with Gasteiger partial charge in [-0.3, -0.25) is 0 Å². The molecule has 1 aromatic rings. The quantitative estimate of drug-likeness (QED) is 0.681. The fourth-order valence-corrected chi connectivity index (χ4v) is 4.47. The average molecular weight is 214 g/mol. The Bertz CT molecular complexity index is 352. The van der Waals surface area contributed by atoms with E-state index in [1.54, 1.807) is 5.56 Å². The summed E-state index contributed by atoms with van der Waals surface area (Å²) in [6.07, 6.45) is 4.52. The van der Waals surface area contributed by atoms with Crippen LogP contribution in [0.15, 0.2) is 30.3 Å². The maximum absolute atomic E-state index is 2.49. The van der Waals surface area contributed by atoms with Crippen LogP contribution in [0.3, 0.4) is 0 Å². The summed E-state index contributed by atoms with van der Waals surface area (Å²) in [5.74, 6) is 4.72. The number of benzene rings is 1. The fraction of sp³-hybridized carbons (Fsp3) is 0.625. The zero-order valence-corrected chi connectivity index (χ0v) is 10.4. The summed E-state index contributed by atoms with van der Waals surface area (Å²) in [5, 5.41) is 0. The standard InChI is InChI=1S/C16H22/c1-11(13-6-4-3-5-7-13)16-12(2)14-8-9-15(16)10-14/h3-7,11-12,14-16H,8-10H2,1-2H3. The molecule has 0 spiro atoms. The van der Waals surface area contributed by atoms with Crippen LogP contribution < -0.4 is 0 Å². The van der Waals surface area contributed by atoms with Gasteiger partial charge in [0.1, 0.15) is 0 Å². The van der Waals surface area contributed by atoms with Crippen LogP contribution in [0, 0.1) is 23.7 Å². The summed E-state index contributed by atoms with van der Waals surface area (Å²) in [6.45, 7) is 4.94. The molecule has 2 bridgehead atoms. The van der Waals surface area contributed by atoms with Crippen molar-refractivity contribution in [3.05, 3.63) is 35.9 Å². The first-order valence-corrected chi connectivity index (χ1v) is 6.82. The number of hydrogen-bond donors (Lipinski definition) is 0. The third-order valence-electron chi connectivity index (χ3n) is 5.31. The minimum atomic E-state index is 0.756. The van der Waals surface area contributed by atoms with Crippen LogP contribution in [0.2, 0.25) is 0 Å². The van der Waals surface area contributed by atoms with Crippen molar-refractivity contribution in [3.8, 4) is 0 Å². The number of fused-ring (bicyclic) bond motifs is 2. The van der Waals surface area contributed by atoms with E-state index in [0.29, 0.717) is 0 Å². The van der Waals surface area contributed by atoms with Crippen LogP contribution in [0.5, 0.6) is 0 Å². The van der Waals surface area contributed by atoms with Crippen molar-refractivity contribution in [2.75, 3.05) is 0 Å². The molecule has 0 N–H and O–H groups in total. The van der Waals surface area contributed by atoms with Crippen molar-refractivity contribution in [3.63, 3.8) is 0 Å². The zero-order valence-electron chi connectivity index (χ0n) is 10.4. The van der Waals surface area contributed by atoms with Crippen LogP contribution in [-0.2, 0) is 0 Å². The van der Waals surface area contributed by atoms with E-state index < -0.39 is 0 Å². The van der Waals surface area contributed by atoms with E-state index in [1.165, 1.54) is 19.3 Å². The fourth-order valence-electron chi connectivity index (χ4n) is 4.47. The summed E-state index contributed by atoms with van der Waals surface area (Å²) in [4.78, 5) is 0. The van der Waals surface area contributed by atoms with Crippen LogP contribution >= 0.6 is 0 Å². The summed E-state index contributed by atoms with van der Waals surface area (Å²) >= 11 is 0. The second-order valence-electron chi connectivity index (χ2n) is 5.97. The molecule has 0 saturated heterocycles. The lowest BCUT2D eigenvalue weighted by Gasteiger charge is -2.33. The molecular weight excluding hydrogens is 192 g/mol. The summed E-state index contributed by atoms with van der Waals surface area (Å²) in [6, 6.07) is 11.1. The smallest absolute Gasteiger partial charge is 0.0157 e. The van der Waals surface area contributed by atoms with Gasteiger partial charge in [0.25, 0.3) is 0 Å². The molecule has 3 rings (SSSR count). The summed E-state index contributed by atoms with van der Waals surface area (Å²) in [5.41, 5.74) is 1.55. The Morgan fingerprint density at radius 3 is 2.38 bits per heavy atom. The van der Waals surface area contributed by atoms with Gasteiger partial charge >= 0.3 is 0 Å². The van der Waals surface area contributed by atoms with Gasteiger partial charge < -0.3 is 0 Å². The molecule has 0 amide bonds. The Morgan fingerprint density at radius 1 is 1.06 bits per heavy atom. The molecule has 5 unspecified atom stereocenters. The van der Waals surface area contributed by atoms with Crippen LogP contribution in [0.4, 0.5) is 0 Å². The van der Waals surface area contributed by atoms with E-state index in [4.69, 9.17) is 0 Å². The van der Waals surface area contributed by atoms with Gasteiger partial charge in [-0.05, 0) is 54.4 Å². The molecule has 1 aromatic carbocycles. The molecule has 2 fully saturated rings. The Morgan fingerprint density at radius 2 is 1.75 bits per heavy atom. The van der Waals surface area contributed by atoms with Crippen LogP contribution in [0.1, 0.15) is 44.6 Å². The van der Waals surface area contributed by atoms with Crippen molar-refractivity contribution < 1.29 is 0 Å². The van der Waals surface area contributed by atoms with Crippen molar-refractivity contribution in [2.24, 2.45) is 23.7 Å². The van der Waals surface area contributed by atoms with Gasteiger partial charge in [-0.25, -0.2) is 0 Å². The van der Waals surface area contributed by atoms with Gasteiger partial charge in [0, 0.05) is 0 Å². The molecular formula is C16H22. The van der Waals surface area contributed by atoms with Crippen molar-refractivity contribution >= 4 is 0 Å². The SMILES string of the molecule is CC(c1ccccc1)C1C2CCC(C2)C1C. The largest absolute Gasteiger partial charge is 0.0622 e. The molecule has 86 valence electrons. The average Bonchev–Trinajstić information content (AvgIpc) is 2.90. The maximum atomic E-state index is 2.49. The Balaban J connectivity index is 1.83. The van der Waals surface area contributed by atoms with E-state index in [-0.39, 0.29) is 0 Å². The molecule has 0 nitrogen and oxygen atoms in total. The van der Waals surface area contributed by atoms with E-state index in [2.05, 4.69) is 44.2 Å². The third-order valence-corrected chi connectivity index (χ3v) is 5.31. The lowest BCUT2D eigenvalue weighted by atomic mass is 9.72. The minimum absolute atomic E-state index is 0.756. The zero-order chi connectivity index (χ0) is 11.1. The normalized spacial score (nSPS) is 38.9. The second-order valence-corrected chi connectivity index (χ2v) is 5.97. The first-order valence-electron chi connectivity index (χ1n) is 6.82. The van der Waals surface area contributed by atoms with E-state index in [9.17, 15) is 0 Å². The highest BCUT2D eigenvalue weighted by atomic mass is 14.5. The Labute approximate surface area is 99.1 Å². The van der Waals surface area contributed by atoms with Crippen molar-refractivity contribution in [2.45, 2.75) is 39.0 Å². The summed E-state index contributed by atoms with van der Waals surface area (Å²) < 4.78 is 0. The minimum Gasteiger partial charge on any atom is -0.0622 e. The highest BCUT2D eigenvalue weighted by molar-refractivity contribution is 5.21. The molecule has 0 radical (unpaired) electrons. The van der Waals surface area contributed by atoms with Gasteiger partial charge in [0.15, 0.2) is 0 Å². The van der Waals surface area contributed by atoms with E-state index in [0.717, 1.165) is 29.6 Å². The third kappa shape index (κ3) is 1.50. The van der Waals surface area contributed by atoms with Gasteiger partial charge in [-0.2, -0.15) is 0 Å². The molecule has 5 atom stereocenters. The monoisotopic (exact) mass is 214 g/mol. The lowest BCUT2D eigenvalue weighted by molar-refractivity contribution is 0.208. The predicted octanol–water partition coefficient (Wildman–Crippen LogP) is 4.47. The lowest BCUT2D eigenvalue weighted by Crippen LogP contribution is -2.24. The van der Waals surface area contributed by atoms with E-state index >= 15 is 0 Å². The van der Waals surface area contributed by atoms with Gasteiger partial charge in [-0.1, -0.05) is 44.2 Å². The Hall–Kier alpha value is -0.780. The van der Waals surface area contributed by atoms with Gasteiger partial charge in [0.2, 0.25) is 0 Å².